The number of thioether (sulfide) groups is 1. The van der Waals surface area contributed by atoms with E-state index in [0.717, 1.165) is 34.9 Å². The molecule has 0 unspecified atom stereocenters. The molecule has 0 radical (unpaired) electrons. The van der Waals surface area contributed by atoms with Crippen molar-refractivity contribution >= 4 is 35.0 Å². The highest BCUT2D eigenvalue weighted by Crippen LogP contribution is 2.35. The smallest absolute Gasteiger partial charge is 0.250 e. The molecule has 0 aliphatic heterocycles. The maximum absolute atomic E-state index is 12.5. The van der Waals surface area contributed by atoms with Crippen LogP contribution < -0.4 is 5.43 Å². The van der Waals surface area contributed by atoms with E-state index < -0.39 is 0 Å². The van der Waals surface area contributed by atoms with Gasteiger partial charge in [0.2, 0.25) is 0 Å². The standard InChI is InChI=1S/C25H28ClN5OS/c1-17-12-14-19(15-13-17)24-29-30-25(31(24)20-8-4-3-5-9-20)33-16-23(32)28-27-18(2)21-10-6-7-11-22(21)26/h6-7,10-15,20H,3-5,8-9,16H2,1-2H3,(H,28,32)/b27-18-. The van der Waals surface area contributed by atoms with E-state index in [2.05, 4.69) is 56.5 Å². The number of halogens is 1. The summed E-state index contributed by atoms with van der Waals surface area (Å²) in [6.07, 6.45) is 5.90. The fourth-order valence-corrected chi connectivity index (χ4v) is 5.14. The first-order valence-corrected chi connectivity index (χ1v) is 12.6. The Bertz CT molecular complexity index is 1140. The third-order valence-corrected chi connectivity index (χ3v) is 7.13. The Labute approximate surface area is 203 Å². The van der Waals surface area contributed by atoms with Crippen LogP contribution in [0.1, 0.15) is 56.2 Å². The van der Waals surface area contributed by atoms with E-state index in [1.807, 2.05) is 25.1 Å². The first-order chi connectivity index (χ1) is 16.0. The SMILES string of the molecule is C/C(=N/NC(=O)CSc1nnc(-c2ccc(C)cc2)n1C1CCCCC1)c1ccccc1Cl. The zero-order valence-corrected chi connectivity index (χ0v) is 20.5. The molecule has 0 atom stereocenters. The minimum atomic E-state index is -0.193. The number of carbonyl (C=O) groups excluding carboxylic acids is 1. The molecule has 1 aliphatic carbocycles. The fourth-order valence-electron chi connectivity index (χ4n) is 4.07. The van der Waals surface area contributed by atoms with E-state index in [1.165, 1.54) is 36.6 Å². The highest BCUT2D eigenvalue weighted by molar-refractivity contribution is 7.99. The van der Waals surface area contributed by atoms with Crippen molar-refractivity contribution in [1.29, 1.82) is 0 Å². The van der Waals surface area contributed by atoms with Gasteiger partial charge in [0.15, 0.2) is 11.0 Å². The van der Waals surface area contributed by atoms with E-state index >= 15 is 0 Å². The molecule has 0 saturated heterocycles. The lowest BCUT2D eigenvalue weighted by molar-refractivity contribution is -0.118. The van der Waals surface area contributed by atoms with Crippen LogP contribution in [0, 0.1) is 6.92 Å². The Morgan fingerprint density at radius 1 is 1.12 bits per heavy atom. The summed E-state index contributed by atoms with van der Waals surface area (Å²) in [5.74, 6) is 0.886. The number of aromatic nitrogens is 3. The Hall–Kier alpha value is -2.64. The number of carbonyl (C=O) groups is 1. The molecule has 172 valence electrons. The largest absolute Gasteiger partial charge is 0.299 e. The highest BCUT2D eigenvalue weighted by Gasteiger charge is 2.24. The monoisotopic (exact) mass is 481 g/mol. The lowest BCUT2D eigenvalue weighted by atomic mass is 9.95. The average molecular weight is 482 g/mol. The maximum atomic E-state index is 12.5. The second kappa shape index (κ2) is 11.0. The lowest BCUT2D eigenvalue weighted by Crippen LogP contribution is -2.22. The van der Waals surface area contributed by atoms with Crippen molar-refractivity contribution in [2.24, 2.45) is 5.10 Å². The van der Waals surface area contributed by atoms with Crippen LogP contribution in [0.2, 0.25) is 5.02 Å². The van der Waals surface area contributed by atoms with Gasteiger partial charge in [-0.3, -0.25) is 9.36 Å². The second-order valence-corrected chi connectivity index (χ2v) is 9.68. The predicted molar refractivity (Wildman–Crippen MR) is 135 cm³/mol. The Balaban J connectivity index is 1.48. The van der Waals surface area contributed by atoms with Crippen molar-refractivity contribution in [2.45, 2.75) is 57.1 Å². The Morgan fingerprint density at radius 3 is 2.58 bits per heavy atom. The van der Waals surface area contributed by atoms with Gasteiger partial charge in [-0.15, -0.1) is 10.2 Å². The minimum Gasteiger partial charge on any atom is -0.299 e. The van der Waals surface area contributed by atoms with Gasteiger partial charge >= 0.3 is 0 Å². The van der Waals surface area contributed by atoms with Gasteiger partial charge in [0.25, 0.3) is 5.91 Å². The lowest BCUT2D eigenvalue weighted by Gasteiger charge is -2.25. The van der Waals surface area contributed by atoms with Gasteiger partial charge in [0.1, 0.15) is 0 Å². The fraction of sp³-hybridized carbons (Fsp3) is 0.360. The molecule has 1 aliphatic rings. The van der Waals surface area contributed by atoms with Crippen LogP contribution in [0.25, 0.3) is 11.4 Å². The predicted octanol–water partition coefficient (Wildman–Crippen LogP) is 6.04. The van der Waals surface area contributed by atoms with Crippen LogP contribution in [0.15, 0.2) is 58.8 Å². The van der Waals surface area contributed by atoms with Crippen molar-refractivity contribution in [2.75, 3.05) is 5.75 Å². The molecule has 2 aromatic carbocycles. The van der Waals surface area contributed by atoms with Crippen LogP contribution in [0.3, 0.4) is 0 Å². The summed E-state index contributed by atoms with van der Waals surface area (Å²) in [4.78, 5) is 12.5. The Morgan fingerprint density at radius 2 is 1.85 bits per heavy atom. The van der Waals surface area contributed by atoms with Gasteiger partial charge in [-0.2, -0.15) is 5.10 Å². The zero-order valence-electron chi connectivity index (χ0n) is 18.9. The zero-order chi connectivity index (χ0) is 23.2. The number of rotatable bonds is 7. The van der Waals surface area contributed by atoms with E-state index in [0.29, 0.717) is 16.8 Å². The number of benzene rings is 2. The third kappa shape index (κ3) is 5.84. The number of hydrogen-bond donors (Lipinski definition) is 1. The van der Waals surface area contributed by atoms with Crippen molar-refractivity contribution in [3.8, 4) is 11.4 Å². The number of aryl methyl sites for hydroxylation is 1. The summed E-state index contributed by atoms with van der Waals surface area (Å²) in [6.45, 7) is 3.90. The molecule has 1 amide bonds. The van der Waals surface area contributed by atoms with Gasteiger partial charge in [-0.05, 0) is 32.8 Å². The van der Waals surface area contributed by atoms with Crippen molar-refractivity contribution in [3.05, 3.63) is 64.7 Å². The summed E-state index contributed by atoms with van der Waals surface area (Å²) in [5.41, 5.74) is 6.35. The van der Waals surface area contributed by atoms with Gasteiger partial charge < -0.3 is 0 Å². The van der Waals surface area contributed by atoms with Crippen LogP contribution in [-0.4, -0.2) is 32.1 Å². The first kappa shape index (κ1) is 23.5. The second-order valence-electron chi connectivity index (χ2n) is 8.33. The molecule has 8 heteroatoms. The molecule has 1 N–H and O–H groups in total. The summed E-state index contributed by atoms with van der Waals surface area (Å²) < 4.78 is 2.24. The highest BCUT2D eigenvalue weighted by atomic mass is 35.5. The van der Waals surface area contributed by atoms with Crippen molar-refractivity contribution < 1.29 is 4.79 Å². The van der Waals surface area contributed by atoms with Gasteiger partial charge in [-0.1, -0.05) is 90.7 Å². The quantitative estimate of drug-likeness (QED) is 0.253. The van der Waals surface area contributed by atoms with Crippen molar-refractivity contribution in [1.82, 2.24) is 20.2 Å². The molecule has 4 rings (SSSR count). The Kier molecular flexibility index (Phi) is 7.83. The van der Waals surface area contributed by atoms with Crippen LogP contribution >= 0.6 is 23.4 Å². The van der Waals surface area contributed by atoms with E-state index in [9.17, 15) is 4.79 Å². The molecular formula is C25H28ClN5OS. The van der Waals surface area contributed by atoms with Gasteiger partial charge in [0, 0.05) is 22.2 Å². The van der Waals surface area contributed by atoms with Crippen LogP contribution in [-0.2, 0) is 4.79 Å². The number of nitrogens with zero attached hydrogens (tertiary/aromatic N) is 4. The molecule has 0 bridgehead atoms. The summed E-state index contributed by atoms with van der Waals surface area (Å²) in [7, 11) is 0. The normalized spacial score (nSPS) is 14.9. The number of amides is 1. The first-order valence-electron chi connectivity index (χ1n) is 11.3. The molecule has 3 aromatic rings. The molecule has 1 heterocycles. The van der Waals surface area contributed by atoms with E-state index in [4.69, 9.17) is 11.6 Å². The molecule has 33 heavy (non-hydrogen) atoms. The molecule has 1 fully saturated rings. The molecule has 6 nitrogen and oxygen atoms in total. The van der Waals surface area contributed by atoms with Crippen molar-refractivity contribution in [3.63, 3.8) is 0 Å². The van der Waals surface area contributed by atoms with E-state index in [1.54, 1.807) is 6.07 Å². The van der Waals surface area contributed by atoms with Crippen LogP contribution in [0.4, 0.5) is 0 Å². The number of nitrogens with one attached hydrogen (secondary N) is 1. The topological polar surface area (TPSA) is 72.2 Å². The molecular weight excluding hydrogens is 454 g/mol. The van der Waals surface area contributed by atoms with E-state index in [-0.39, 0.29) is 11.7 Å². The average Bonchev–Trinajstić information content (AvgIpc) is 3.26. The number of hydrazone groups is 1. The van der Waals surface area contributed by atoms with Gasteiger partial charge in [-0.25, -0.2) is 5.43 Å². The third-order valence-electron chi connectivity index (χ3n) is 5.86. The molecule has 1 aromatic heterocycles. The summed E-state index contributed by atoms with van der Waals surface area (Å²) >= 11 is 7.61. The minimum absolute atomic E-state index is 0.193. The van der Waals surface area contributed by atoms with Gasteiger partial charge in [0.05, 0.1) is 11.5 Å². The molecule has 1 saturated carbocycles. The summed E-state index contributed by atoms with van der Waals surface area (Å²) in [5, 5.41) is 14.6. The van der Waals surface area contributed by atoms with Crippen LogP contribution in [0.5, 0.6) is 0 Å². The number of hydrogen-bond acceptors (Lipinski definition) is 5. The summed E-state index contributed by atoms with van der Waals surface area (Å²) in [6, 6.07) is 16.2. The molecule has 0 spiro atoms. The maximum Gasteiger partial charge on any atom is 0.250 e.